The van der Waals surface area contributed by atoms with Crippen molar-refractivity contribution in [3.8, 4) is 0 Å². The van der Waals surface area contributed by atoms with Gasteiger partial charge in [0.1, 0.15) is 11.9 Å². The molecule has 3 heterocycles. The predicted molar refractivity (Wildman–Crippen MR) is 89.1 cm³/mol. The Labute approximate surface area is 150 Å². The fraction of sp³-hybridized carbons (Fsp3) is 0.706. The van der Waals surface area contributed by atoms with Crippen molar-refractivity contribution in [2.24, 2.45) is 5.41 Å². The number of aromatic nitrogens is 2. The van der Waals surface area contributed by atoms with Crippen molar-refractivity contribution in [1.29, 1.82) is 0 Å². The molecule has 1 N–H and O–H groups in total. The number of nitrogens with zero attached hydrogens (tertiary/aromatic N) is 4. The molecule has 0 aliphatic carbocycles. The summed E-state index contributed by atoms with van der Waals surface area (Å²) in [5.41, 5.74) is 0.895. The average Bonchev–Trinajstić information content (AvgIpc) is 2.86. The molecule has 0 aromatic carbocycles. The van der Waals surface area contributed by atoms with Crippen LogP contribution in [0.1, 0.15) is 36.3 Å². The Hall–Kier alpha value is -1.90. The minimum atomic E-state index is -4.58. The molecule has 26 heavy (non-hydrogen) atoms. The van der Waals surface area contributed by atoms with Crippen LogP contribution in [0, 0.1) is 19.3 Å². The number of carboxylic acid groups (broad SMARTS) is 1. The second-order valence-electron chi connectivity index (χ2n) is 7.54. The Morgan fingerprint density at radius 1 is 1.23 bits per heavy atom. The highest BCUT2D eigenvalue weighted by atomic mass is 19.4. The number of aryl methyl sites for hydroxylation is 1. The lowest BCUT2D eigenvalue weighted by Crippen LogP contribution is -2.42. The van der Waals surface area contributed by atoms with E-state index < -0.39 is 24.0 Å². The first-order valence-corrected chi connectivity index (χ1v) is 8.63. The van der Waals surface area contributed by atoms with Gasteiger partial charge in [-0.1, -0.05) is 0 Å². The van der Waals surface area contributed by atoms with Crippen LogP contribution in [0.4, 0.5) is 19.0 Å². The smallest absolute Gasteiger partial charge is 0.451 e. The Morgan fingerprint density at radius 2 is 1.85 bits per heavy atom. The minimum absolute atomic E-state index is 0.0862. The van der Waals surface area contributed by atoms with E-state index in [1.165, 1.54) is 0 Å². The fourth-order valence-electron chi connectivity index (χ4n) is 4.15. The van der Waals surface area contributed by atoms with Crippen LogP contribution in [-0.2, 0) is 11.0 Å². The summed E-state index contributed by atoms with van der Waals surface area (Å²) in [5.74, 6) is -1.59. The van der Waals surface area contributed by atoms with Crippen LogP contribution in [0.15, 0.2) is 0 Å². The molecule has 2 saturated heterocycles. The van der Waals surface area contributed by atoms with Crippen LogP contribution in [0.3, 0.4) is 0 Å². The summed E-state index contributed by atoms with van der Waals surface area (Å²) >= 11 is 0. The molecule has 9 heteroatoms. The zero-order valence-corrected chi connectivity index (χ0v) is 15.1. The lowest BCUT2D eigenvalue weighted by molar-refractivity contribution is -0.145. The molecule has 0 radical (unpaired) electrons. The van der Waals surface area contributed by atoms with Gasteiger partial charge in [-0.2, -0.15) is 13.2 Å². The fourth-order valence-corrected chi connectivity index (χ4v) is 4.15. The standard InChI is InChI=1S/C17H23F3N4O2/c1-10-11(2)21-15(17(18,19)20)22-13(10)24-6-4-16(5-7-24)8-12(14(25)26)23(3)9-16/h12H,4-9H2,1-3H3,(H,25,26)/t12-/m0/s1. The number of piperidine rings is 1. The molecule has 6 nitrogen and oxygen atoms in total. The molecule has 0 amide bonds. The van der Waals surface area contributed by atoms with Crippen LogP contribution in [0.2, 0.25) is 0 Å². The van der Waals surface area contributed by atoms with Gasteiger partial charge in [0.2, 0.25) is 5.82 Å². The van der Waals surface area contributed by atoms with Crippen molar-refractivity contribution < 1.29 is 23.1 Å². The van der Waals surface area contributed by atoms with E-state index in [0.717, 1.165) is 12.8 Å². The summed E-state index contributed by atoms with van der Waals surface area (Å²) in [6, 6.07) is -0.485. The lowest BCUT2D eigenvalue weighted by Gasteiger charge is -2.40. The predicted octanol–water partition coefficient (Wildman–Crippen LogP) is 2.49. The first-order valence-electron chi connectivity index (χ1n) is 8.63. The monoisotopic (exact) mass is 372 g/mol. The molecule has 2 aliphatic rings. The van der Waals surface area contributed by atoms with E-state index in [1.54, 1.807) is 13.8 Å². The van der Waals surface area contributed by atoms with Gasteiger partial charge < -0.3 is 10.0 Å². The molecular weight excluding hydrogens is 349 g/mol. The number of hydrogen-bond donors (Lipinski definition) is 1. The van der Waals surface area contributed by atoms with E-state index in [-0.39, 0.29) is 5.41 Å². The molecule has 1 atom stereocenters. The lowest BCUT2D eigenvalue weighted by atomic mass is 9.76. The number of carboxylic acids is 1. The largest absolute Gasteiger partial charge is 0.480 e. The number of halogens is 3. The Morgan fingerprint density at radius 3 is 2.35 bits per heavy atom. The number of hydrogen-bond acceptors (Lipinski definition) is 5. The van der Waals surface area contributed by atoms with Crippen molar-refractivity contribution in [1.82, 2.24) is 14.9 Å². The Kier molecular flexibility index (Phi) is 4.62. The number of alkyl halides is 3. The first kappa shape index (κ1) is 18.9. The van der Waals surface area contributed by atoms with Crippen LogP contribution < -0.4 is 4.90 Å². The zero-order chi connectivity index (χ0) is 19.3. The minimum Gasteiger partial charge on any atom is -0.480 e. The summed E-state index contributed by atoms with van der Waals surface area (Å²) < 4.78 is 39.1. The molecule has 2 aliphatic heterocycles. The number of anilines is 1. The number of aliphatic carboxylic acids is 1. The van der Waals surface area contributed by atoms with Crippen molar-refractivity contribution in [3.63, 3.8) is 0 Å². The number of carbonyl (C=O) groups is 1. The summed E-state index contributed by atoms with van der Waals surface area (Å²) in [7, 11) is 1.81. The van der Waals surface area contributed by atoms with Gasteiger partial charge in [0, 0.05) is 30.9 Å². The summed E-state index contributed by atoms with van der Waals surface area (Å²) in [6.07, 6.45) is -2.51. The highest BCUT2D eigenvalue weighted by Gasteiger charge is 2.47. The van der Waals surface area contributed by atoms with Gasteiger partial charge in [0.15, 0.2) is 0 Å². The van der Waals surface area contributed by atoms with Gasteiger partial charge in [0.25, 0.3) is 0 Å². The normalized spacial score (nSPS) is 23.6. The third kappa shape index (κ3) is 3.36. The molecular formula is C17H23F3N4O2. The van der Waals surface area contributed by atoms with Crippen molar-refractivity contribution in [3.05, 3.63) is 17.1 Å². The summed E-state index contributed by atoms with van der Waals surface area (Å²) in [4.78, 5) is 22.5. The highest BCUT2D eigenvalue weighted by Crippen LogP contribution is 2.44. The van der Waals surface area contributed by atoms with Crippen LogP contribution in [-0.4, -0.2) is 58.7 Å². The number of likely N-dealkylation sites (tertiary alicyclic amines) is 1. The zero-order valence-electron chi connectivity index (χ0n) is 15.1. The highest BCUT2D eigenvalue weighted by molar-refractivity contribution is 5.74. The van der Waals surface area contributed by atoms with E-state index in [1.807, 2.05) is 16.8 Å². The van der Waals surface area contributed by atoms with Gasteiger partial charge in [-0.3, -0.25) is 9.69 Å². The quantitative estimate of drug-likeness (QED) is 0.860. The molecule has 144 valence electrons. The van der Waals surface area contributed by atoms with Crippen molar-refractivity contribution in [2.75, 3.05) is 31.6 Å². The third-order valence-corrected chi connectivity index (χ3v) is 5.77. The maximum atomic E-state index is 13.0. The van der Waals surface area contributed by atoms with E-state index in [2.05, 4.69) is 9.97 Å². The maximum Gasteiger partial charge on any atom is 0.451 e. The van der Waals surface area contributed by atoms with Gasteiger partial charge in [0.05, 0.1) is 0 Å². The van der Waals surface area contributed by atoms with E-state index in [9.17, 15) is 23.1 Å². The molecule has 0 unspecified atom stereocenters. The second-order valence-corrected chi connectivity index (χ2v) is 7.54. The van der Waals surface area contributed by atoms with Gasteiger partial charge >= 0.3 is 12.1 Å². The van der Waals surface area contributed by atoms with Crippen LogP contribution in [0.5, 0.6) is 0 Å². The average molecular weight is 372 g/mol. The molecule has 1 aromatic rings. The Balaban J connectivity index is 1.79. The molecule has 0 bridgehead atoms. The van der Waals surface area contributed by atoms with E-state index in [4.69, 9.17) is 0 Å². The van der Waals surface area contributed by atoms with Crippen LogP contribution in [0.25, 0.3) is 0 Å². The van der Waals surface area contributed by atoms with Crippen LogP contribution >= 0.6 is 0 Å². The SMILES string of the molecule is Cc1nc(C(F)(F)F)nc(N2CCC3(CC2)C[C@@H](C(=O)O)N(C)C3)c1C. The van der Waals surface area contributed by atoms with Gasteiger partial charge in [-0.25, -0.2) is 9.97 Å². The number of rotatable bonds is 2. The molecule has 1 aromatic heterocycles. The first-order chi connectivity index (χ1) is 12.0. The number of likely N-dealkylation sites (N-methyl/N-ethyl adjacent to an activating group) is 1. The molecule has 0 saturated carbocycles. The third-order valence-electron chi connectivity index (χ3n) is 5.77. The van der Waals surface area contributed by atoms with Crippen molar-refractivity contribution >= 4 is 11.8 Å². The van der Waals surface area contributed by atoms with E-state index in [0.29, 0.717) is 43.1 Å². The van der Waals surface area contributed by atoms with Gasteiger partial charge in [-0.05, 0) is 45.6 Å². The molecule has 1 spiro atoms. The van der Waals surface area contributed by atoms with Gasteiger partial charge in [-0.15, -0.1) is 0 Å². The summed E-state index contributed by atoms with van der Waals surface area (Å²) in [6.45, 7) is 5.13. The molecule has 2 fully saturated rings. The summed E-state index contributed by atoms with van der Waals surface area (Å²) in [5, 5.41) is 9.33. The maximum absolute atomic E-state index is 13.0. The van der Waals surface area contributed by atoms with E-state index >= 15 is 0 Å². The molecule has 3 rings (SSSR count). The topological polar surface area (TPSA) is 69.6 Å². The Bertz CT molecular complexity index is 715. The van der Waals surface area contributed by atoms with Crippen molar-refractivity contribution in [2.45, 2.75) is 45.3 Å². The second kappa shape index (κ2) is 6.37.